The molecule has 2 N–H and O–H groups in total. The Kier molecular flexibility index (Phi) is 4.16. The minimum Gasteiger partial charge on any atom is -0.493 e. The van der Waals surface area contributed by atoms with Crippen LogP contribution in [-0.4, -0.2) is 16.4 Å². The Bertz CT molecular complexity index is 551. The number of rotatable bonds is 5. The average molecular weight is 263 g/mol. The summed E-state index contributed by atoms with van der Waals surface area (Å²) in [4.78, 5) is 0. The lowest BCUT2D eigenvalue weighted by Gasteiger charge is -2.14. The van der Waals surface area contributed by atoms with Crippen molar-refractivity contribution < 1.29 is 9.13 Å². The number of hydrogen-bond acceptors (Lipinski definition) is 3. The fourth-order valence-corrected chi connectivity index (χ4v) is 1.92. The molecule has 0 aliphatic heterocycles. The molecule has 0 spiro atoms. The van der Waals surface area contributed by atoms with E-state index in [1.165, 1.54) is 12.1 Å². The van der Waals surface area contributed by atoms with Crippen LogP contribution in [0.2, 0.25) is 0 Å². The topological polar surface area (TPSA) is 53.1 Å². The van der Waals surface area contributed by atoms with E-state index >= 15 is 0 Å². The predicted molar refractivity (Wildman–Crippen MR) is 71.4 cm³/mol. The van der Waals surface area contributed by atoms with Gasteiger partial charge >= 0.3 is 0 Å². The van der Waals surface area contributed by atoms with Gasteiger partial charge in [-0.05, 0) is 31.2 Å². The second-order valence-corrected chi connectivity index (χ2v) is 4.52. The molecule has 0 bridgehead atoms. The van der Waals surface area contributed by atoms with E-state index < -0.39 is 0 Å². The van der Waals surface area contributed by atoms with Gasteiger partial charge < -0.3 is 10.5 Å². The standard InChI is InChI=1S/C14H18FN3O/c1-10(16)13-9-11(15)3-4-14(13)19-8-6-12-5-7-17-18(12)2/h3-5,7,9-10H,6,8,16H2,1-2H3. The number of aromatic nitrogens is 2. The number of halogens is 1. The van der Waals surface area contributed by atoms with Crippen LogP contribution >= 0.6 is 0 Å². The third-order valence-corrected chi connectivity index (χ3v) is 3.00. The zero-order valence-electron chi connectivity index (χ0n) is 11.1. The van der Waals surface area contributed by atoms with Gasteiger partial charge in [0.1, 0.15) is 11.6 Å². The Hall–Kier alpha value is -1.88. The van der Waals surface area contributed by atoms with Crippen LogP contribution in [0.15, 0.2) is 30.5 Å². The third-order valence-electron chi connectivity index (χ3n) is 3.00. The molecular weight excluding hydrogens is 245 g/mol. The molecule has 0 radical (unpaired) electrons. The number of aryl methyl sites for hydroxylation is 1. The van der Waals surface area contributed by atoms with Crippen LogP contribution in [0.5, 0.6) is 5.75 Å². The van der Waals surface area contributed by atoms with E-state index in [1.807, 2.05) is 20.0 Å². The van der Waals surface area contributed by atoms with Crippen LogP contribution < -0.4 is 10.5 Å². The maximum atomic E-state index is 13.2. The summed E-state index contributed by atoms with van der Waals surface area (Å²) in [5.74, 6) is 0.338. The van der Waals surface area contributed by atoms with Gasteiger partial charge in [0.05, 0.1) is 6.61 Å². The molecule has 5 heteroatoms. The van der Waals surface area contributed by atoms with E-state index in [4.69, 9.17) is 10.5 Å². The maximum Gasteiger partial charge on any atom is 0.124 e. The molecule has 1 aromatic heterocycles. The van der Waals surface area contributed by atoms with Crippen molar-refractivity contribution in [1.82, 2.24) is 9.78 Å². The molecule has 0 amide bonds. The van der Waals surface area contributed by atoms with Crippen LogP contribution in [-0.2, 0) is 13.5 Å². The SMILES string of the molecule is CC(N)c1cc(F)ccc1OCCc1ccnn1C. The van der Waals surface area contributed by atoms with Gasteiger partial charge in [0.2, 0.25) is 0 Å². The van der Waals surface area contributed by atoms with Crippen molar-refractivity contribution in [1.29, 1.82) is 0 Å². The molecular formula is C14H18FN3O. The smallest absolute Gasteiger partial charge is 0.124 e. The highest BCUT2D eigenvalue weighted by molar-refractivity contribution is 5.36. The van der Waals surface area contributed by atoms with Crippen molar-refractivity contribution in [2.24, 2.45) is 12.8 Å². The molecule has 2 rings (SSSR count). The van der Waals surface area contributed by atoms with Crippen molar-refractivity contribution in [3.63, 3.8) is 0 Å². The van der Waals surface area contributed by atoms with Crippen molar-refractivity contribution in [3.05, 3.63) is 47.5 Å². The van der Waals surface area contributed by atoms with Gasteiger partial charge in [0.25, 0.3) is 0 Å². The van der Waals surface area contributed by atoms with Crippen molar-refractivity contribution in [2.75, 3.05) is 6.61 Å². The van der Waals surface area contributed by atoms with Gasteiger partial charge in [0.15, 0.2) is 0 Å². The summed E-state index contributed by atoms with van der Waals surface area (Å²) in [7, 11) is 1.89. The quantitative estimate of drug-likeness (QED) is 0.899. The lowest BCUT2D eigenvalue weighted by Crippen LogP contribution is -2.11. The monoisotopic (exact) mass is 263 g/mol. The molecule has 2 aromatic rings. The lowest BCUT2D eigenvalue weighted by molar-refractivity contribution is 0.313. The molecule has 1 aromatic carbocycles. The fourth-order valence-electron chi connectivity index (χ4n) is 1.92. The molecule has 1 heterocycles. The predicted octanol–water partition coefficient (Wildman–Crippen LogP) is 2.20. The summed E-state index contributed by atoms with van der Waals surface area (Å²) in [6.07, 6.45) is 2.49. The second-order valence-electron chi connectivity index (χ2n) is 4.52. The zero-order chi connectivity index (χ0) is 13.8. The van der Waals surface area contributed by atoms with Crippen molar-refractivity contribution in [3.8, 4) is 5.75 Å². The van der Waals surface area contributed by atoms with Crippen molar-refractivity contribution in [2.45, 2.75) is 19.4 Å². The first-order valence-electron chi connectivity index (χ1n) is 6.22. The van der Waals surface area contributed by atoms with Gasteiger partial charge in [0, 0.05) is 37.0 Å². The van der Waals surface area contributed by atoms with Crippen LogP contribution in [0, 0.1) is 5.82 Å². The van der Waals surface area contributed by atoms with E-state index in [1.54, 1.807) is 16.9 Å². The Morgan fingerprint density at radius 2 is 2.21 bits per heavy atom. The molecule has 1 atom stereocenters. The molecule has 0 fully saturated rings. The van der Waals surface area contributed by atoms with E-state index in [0.29, 0.717) is 17.9 Å². The Labute approximate surface area is 112 Å². The summed E-state index contributed by atoms with van der Waals surface area (Å²) in [6, 6.07) is 6.11. The minimum atomic E-state index is -0.300. The Balaban J connectivity index is 2.01. The first kappa shape index (κ1) is 13.5. The van der Waals surface area contributed by atoms with Gasteiger partial charge in [-0.1, -0.05) is 0 Å². The molecule has 19 heavy (non-hydrogen) atoms. The molecule has 102 valence electrons. The first-order valence-corrected chi connectivity index (χ1v) is 6.22. The summed E-state index contributed by atoms with van der Waals surface area (Å²) >= 11 is 0. The number of hydrogen-bond donors (Lipinski definition) is 1. The second kappa shape index (κ2) is 5.84. The van der Waals surface area contributed by atoms with Gasteiger partial charge in [-0.25, -0.2) is 4.39 Å². The van der Waals surface area contributed by atoms with Gasteiger partial charge in [-0.3, -0.25) is 4.68 Å². The van der Waals surface area contributed by atoms with E-state index in [2.05, 4.69) is 5.10 Å². The maximum absolute atomic E-state index is 13.2. The average Bonchev–Trinajstić information content (AvgIpc) is 2.77. The highest BCUT2D eigenvalue weighted by Crippen LogP contribution is 2.24. The first-order chi connectivity index (χ1) is 9.08. The van der Waals surface area contributed by atoms with Crippen LogP contribution in [0.1, 0.15) is 24.2 Å². The lowest BCUT2D eigenvalue weighted by atomic mass is 10.1. The highest BCUT2D eigenvalue weighted by Gasteiger charge is 2.10. The van der Waals surface area contributed by atoms with E-state index in [-0.39, 0.29) is 11.9 Å². The van der Waals surface area contributed by atoms with Gasteiger partial charge in [-0.15, -0.1) is 0 Å². The zero-order valence-corrected chi connectivity index (χ0v) is 11.1. The van der Waals surface area contributed by atoms with E-state index in [9.17, 15) is 4.39 Å². The van der Waals surface area contributed by atoms with Crippen LogP contribution in [0.4, 0.5) is 4.39 Å². The largest absolute Gasteiger partial charge is 0.493 e. The molecule has 0 saturated heterocycles. The number of ether oxygens (including phenoxy) is 1. The fraction of sp³-hybridized carbons (Fsp3) is 0.357. The van der Waals surface area contributed by atoms with Gasteiger partial charge in [-0.2, -0.15) is 5.10 Å². The Morgan fingerprint density at radius 1 is 1.42 bits per heavy atom. The number of benzene rings is 1. The highest BCUT2D eigenvalue weighted by atomic mass is 19.1. The summed E-state index contributed by atoms with van der Waals surface area (Å²) in [5.41, 5.74) is 7.59. The molecule has 4 nitrogen and oxygen atoms in total. The summed E-state index contributed by atoms with van der Waals surface area (Å²) < 4.78 is 20.7. The normalized spacial score (nSPS) is 12.4. The third kappa shape index (κ3) is 3.32. The Morgan fingerprint density at radius 3 is 2.84 bits per heavy atom. The van der Waals surface area contributed by atoms with Crippen LogP contribution in [0.3, 0.4) is 0 Å². The number of nitrogens with zero attached hydrogens (tertiary/aromatic N) is 2. The minimum absolute atomic E-state index is 0.262. The molecule has 1 unspecified atom stereocenters. The van der Waals surface area contributed by atoms with E-state index in [0.717, 1.165) is 12.1 Å². The molecule has 0 saturated carbocycles. The molecule has 0 aliphatic rings. The molecule has 0 aliphatic carbocycles. The summed E-state index contributed by atoms with van der Waals surface area (Å²) in [5, 5.41) is 4.09. The van der Waals surface area contributed by atoms with Crippen LogP contribution in [0.25, 0.3) is 0 Å². The summed E-state index contributed by atoms with van der Waals surface area (Å²) in [6.45, 7) is 2.31. The number of nitrogens with two attached hydrogens (primary N) is 1. The van der Waals surface area contributed by atoms with Crippen molar-refractivity contribution >= 4 is 0 Å².